The monoisotopic (exact) mass is 279 g/mol. The molecule has 0 unspecified atom stereocenters. The number of carbonyl (C=O) groups is 1. The summed E-state index contributed by atoms with van der Waals surface area (Å²) in [4.78, 5) is 15.2. The van der Waals surface area contributed by atoms with Gasteiger partial charge in [0.1, 0.15) is 11.5 Å². The van der Waals surface area contributed by atoms with E-state index in [0.29, 0.717) is 5.56 Å². The van der Waals surface area contributed by atoms with Crippen LogP contribution in [0.4, 0.5) is 8.78 Å². The number of ether oxygens (including phenoxy) is 1. The van der Waals surface area contributed by atoms with E-state index in [-0.39, 0.29) is 11.3 Å². The van der Waals surface area contributed by atoms with Crippen LogP contribution >= 0.6 is 0 Å². The van der Waals surface area contributed by atoms with E-state index in [1.165, 1.54) is 43.6 Å². The predicted octanol–water partition coefficient (Wildman–Crippen LogP) is 3.84. The first-order chi connectivity index (χ1) is 9.63. The van der Waals surface area contributed by atoms with Crippen LogP contribution in [0, 0.1) is 11.6 Å². The maximum Gasteiger partial charge on any atom is 0.340 e. The minimum atomic E-state index is -0.782. The smallest absolute Gasteiger partial charge is 0.340 e. The van der Waals surface area contributed by atoms with Crippen LogP contribution in [0.25, 0.3) is 11.3 Å². The molecule has 0 aliphatic rings. The van der Waals surface area contributed by atoms with Gasteiger partial charge in [0, 0.05) is 11.8 Å². The lowest BCUT2D eigenvalue weighted by molar-refractivity contribution is 0.0595. The maximum absolute atomic E-state index is 14.0. The molecular weight excluding hydrogens is 264 g/mol. The number of carbonyl (C=O) groups excluding carboxylic acids is 1. The number of esters is 1. The third kappa shape index (κ3) is 3.38. The molecule has 1 aromatic carbocycles. The molecule has 0 atom stereocenters. The lowest BCUT2D eigenvalue weighted by Crippen LogP contribution is -2.06. The Labute approximate surface area is 116 Å². The average Bonchev–Trinajstić information content (AvgIpc) is 2.50. The zero-order valence-electron chi connectivity index (χ0n) is 11.5. The summed E-state index contributed by atoms with van der Waals surface area (Å²) < 4.78 is 31.3. The van der Waals surface area contributed by atoms with Crippen molar-refractivity contribution in [1.29, 1.82) is 0 Å². The fraction of sp³-hybridized carbons (Fsp3) is 0.200. The quantitative estimate of drug-likeness (QED) is 0.784. The number of benzene rings is 1. The number of aromatic nitrogens is 1. The first-order valence-electron chi connectivity index (χ1n) is 6.12. The molecule has 0 radical (unpaired) electrons. The van der Waals surface area contributed by atoms with Crippen LogP contribution in [0.1, 0.15) is 24.2 Å². The molecule has 1 heterocycles. The van der Waals surface area contributed by atoms with E-state index >= 15 is 0 Å². The summed E-state index contributed by atoms with van der Waals surface area (Å²) in [6.45, 7) is 4.00. The standard InChI is InChI=1S/C13H9F2NO2.C2H6/c1-18-13(17)10-6-7-16-12(11(10)15)8-2-4-9(14)5-3-8;1-2/h2-7H,1H3;1-2H3. The van der Waals surface area contributed by atoms with Gasteiger partial charge in [-0.05, 0) is 30.3 Å². The van der Waals surface area contributed by atoms with Crippen LogP contribution in [0.2, 0.25) is 0 Å². The molecule has 0 amide bonds. The lowest BCUT2D eigenvalue weighted by Gasteiger charge is -2.06. The molecule has 1 aromatic heterocycles. The Kier molecular flexibility index (Phi) is 5.77. The molecule has 0 saturated heterocycles. The molecular formula is C15H15F2NO2. The highest BCUT2D eigenvalue weighted by Gasteiger charge is 2.17. The van der Waals surface area contributed by atoms with Crippen LogP contribution < -0.4 is 0 Å². The van der Waals surface area contributed by atoms with Gasteiger partial charge in [-0.3, -0.25) is 4.98 Å². The maximum atomic E-state index is 14.0. The molecule has 0 spiro atoms. The molecule has 0 aliphatic carbocycles. The van der Waals surface area contributed by atoms with Crippen LogP contribution in [0.3, 0.4) is 0 Å². The molecule has 106 valence electrons. The second-order valence-electron chi connectivity index (χ2n) is 3.52. The van der Waals surface area contributed by atoms with Gasteiger partial charge in [0.2, 0.25) is 0 Å². The van der Waals surface area contributed by atoms with Gasteiger partial charge in [0.25, 0.3) is 0 Å². The zero-order valence-corrected chi connectivity index (χ0v) is 11.5. The van der Waals surface area contributed by atoms with Crippen molar-refractivity contribution >= 4 is 5.97 Å². The molecule has 2 rings (SSSR count). The highest BCUT2D eigenvalue weighted by atomic mass is 19.1. The van der Waals surface area contributed by atoms with E-state index in [4.69, 9.17) is 0 Å². The summed E-state index contributed by atoms with van der Waals surface area (Å²) in [7, 11) is 1.17. The van der Waals surface area contributed by atoms with Gasteiger partial charge in [0.15, 0.2) is 5.82 Å². The fourth-order valence-corrected chi connectivity index (χ4v) is 1.52. The van der Waals surface area contributed by atoms with E-state index in [0.717, 1.165) is 0 Å². The summed E-state index contributed by atoms with van der Waals surface area (Å²) in [5.41, 5.74) is 0.171. The zero-order chi connectivity index (χ0) is 15.1. The topological polar surface area (TPSA) is 39.2 Å². The van der Waals surface area contributed by atoms with Crippen molar-refractivity contribution in [2.75, 3.05) is 7.11 Å². The highest BCUT2D eigenvalue weighted by molar-refractivity contribution is 5.90. The molecule has 0 fully saturated rings. The van der Waals surface area contributed by atoms with Gasteiger partial charge in [0.05, 0.1) is 12.7 Å². The molecule has 0 saturated carbocycles. The summed E-state index contributed by atoms with van der Waals surface area (Å²) in [6, 6.07) is 6.40. The van der Waals surface area contributed by atoms with Gasteiger partial charge < -0.3 is 4.74 Å². The second kappa shape index (κ2) is 7.33. The van der Waals surface area contributed by atoms with Crippen molar-refractivity contribution in [3.05, 3.63) is 53.7 Å². The SMILES string of the molecule is CC.COC(=O)c1ccnc(-c2ccc(F)cc2)c1F. The lowest BCUT2D eigenvalue weighted by atomic mass is 10.1. The van der Waals surface area contributed by atoms with Crippen LogP contribution in [-0.4, -0.2) is 18.1 Å². The number of rotatable bonds is 2. The third-order valence-corrected chi connectivity index (χ3v) is 2.41. The Hall–Kier alpha value is -2.30. The van der Waals surface area contributed by atoms with Gasteiger partial charge in [-0.2, -0.15) is 0 Å². The fourth-order valence-electron chi connectivity index (χ4n) is 1.52. The van der Waals surface area contributed by atoms with Crippen LogP contribution in [-0.2, 0) is 4.74 Å². The van der Waals surface area contributed by atoms with Gasteiger partial charge in [-0.25, -0.2) is 13.6 Å². The molecule has 0 N–H and O–H groups in total. The largest absolute Gasteiger partial charge is 0.465 e. The first-order valence-corrected chi connectivity index (χ1v) is 6.12. The number of methoxy groups -OCH3 is 1. The summed E-state index contributed by atoms with van der Waals surface area (Å²) in [5, 5.41) is 0. The average molecular weight is 279 g/mol. The number of hydrogen-bond acceptors (Lipinski definition) is 3. The number of pyridine rings is 1. The Bertz CT molecular complexity index is 583. The van der Waals surface area contributed by atoms with Crippen molar-refractivity contribution < 1.29 is 18.3 Å². The van der Waals surface area contributed by atoms with E-state index in [2.05, 4.69) is 9.72 Å². The summed E-state index contributed by atoms with van der Waals surface area (Å²) >= 11 is 0. The second-order valence-corrected chi connectivity index (χ2v) is 3.52. The van der Waals surface area contributed by atoms with Gasteiger partial charge >= 0.3 is 5.97 Å². The normalized spacial score (nSPS) is 9.45. The number of nitrogens with zero attached hydrogens (tertiary/aromatic N) is 1. The van der Waals surface area contributed by atoms with E-state index in [9.17, 15) is 13.6 Å². The Balaban J connectivity index is 0.000000956. The van der Waals surface area contributed by atoms with E-state index < -0.39 is 17.6 Å². The third-order valence-electron chi connectivity index (χ3n) is 2.41. The molecule has 0 bridgehead atoms. The van der Waals surface area contributed by atoms with Crippen molar-refractivity contribution in [1.82, 2.24) is 4.98 Å². The highest BCUT2D eigenvalue weighted by Crippen LogP contribution is 2.23. The minimum Gasteiger partial charge on any atom is -0.465 e. The van der Waals surface area contributed by atoms with Gasteiger partial charge in [-0.15, -0.1) is 0 Å². The van der Waals surface area contributed by atoms with Crippen molar-refractivity contribution in [3.8, 4) is 11.3 Å². The summed E-state index contributed by atoms with van der Waals surface area (Å²) in [6.07, 6.45) is 1.30. The van der Waals surface area contributed by atoms with Crippen LogP contribution in [0.15, 0.2) is 36.5 Å². The molecule has 20 heavy (non-hydrogen) atoms. The first kappa shape index (κ1) is 15.8. The number of halogens is 2. The molecule has 3 nitrogen and oxygen atoms in total. The van der Waals surface area contributed by atoms with Crippen molar-refractivity contribution in [2.24, 2.45) is 0 Å². The van der Waals surface area contributed by atoms with Gasteiger partial charge in [-0.1, -0.05) is 13.8 Å². The predicted molar refractivity (Wildman–Crippen MR) is 72.3 cm³/mol. The van der Waals surface area contributed by atoms with E-state index in [1.807, 2.05) is 13.8 Å². The van der Waals surface area contributed by atoms with E-state index in [1.54, 1.807) is 0 Å². The summed E-state index contributed by atoms with van der Waals surface area (Å²) in [5.74, 6) is -1.99. The van der Waals surface area contributed by atoms with Crippen molar-refractivity contribution in [2.45, 2.75) is 13.8 Å². The Morgan fingerprint density at radius 1 is 1.10 bits per heavy atom. The Morgan fingerprint density at radius 3 is 2.25 bits per heavy atom. The van der Waals surface area contributed by atoms with Crippen molar-refractivity contribution in [3.63, 3.8) is 0 Å². The molecule has 0 aliphatic heterocycles. The Morgan fingerprint density at radius 2 is 1.70 bits per heavy atom. The molecule has 5 heteroatoms. The molecule has 2 aromatic rings. The minimum absolute atomic E-state index is 0.0158. The number of hydrogen-bond donors (Lipinski definition) is 0. The van der Waals surface area contributed by atoms with Crippen LogP contribution in [0.5, 0.6) is 0 Å².